The highest BCUT2D eigenvalue weighted by Crippen LogP contribution is 2.41. The lowest BCUT2D eigenvalue weighted by molar-refractivity contribution is -0.0201. The van der Waals surface area contributed by atoms with Crippen LogP contribution in [0.2, 0.25) is 0 Å². The van der Waals surface area contributed by atoms with Crippen LogP contribution < -0.4 is 11.1 Å². The van der Waals surface area contributed by atoms with E-state index >= 15 is 0 Å². The van der Waals surface area contributed by atoms with E-state index in [-0.39, 0.29) is 5.56 Å². The molecule has 1 saturated carbocycles. The second-order valence-corrected chi connectivity index (χ2v) is 8.90. The summed E-state index contributed by atoms with van der Waals surface area (Å²) in [5.74, 6) is -0.521. The minimum absolute atomic E-state index is 0.0371. The normalized spacial score (nSPS) is 14.8. The standard InChI is InChI=1S/C23H22FN3OS/c1-14-9-18(15-3-4-17(12-25)19(24)10-15)22(29-14)16-5-6-21(20(26)11-16)27-13-23(28)7-2-8-23/h3-6,9-11,27-28H,2,7-8,13,26H2,1H3. The highest BCUT2D eigenvalue weighted by atomic mass is 32.1. The van der Waals surface area contributed by atoms with Crippen LogP contribution in [0.25, 0.3) is 21.6 Å². The zero-order chi connectivity index (χ0) is 20.6. The zero-order valence-corrected chi connectivity index (χ0v) is 16.9. The molecular formula is C23H22FN3OS. The number of nitrogens with zero attached hydrogens (tertiary/aromatic N) is 1. The highest BCUT2D eigenvalue weighted by molar-refractivity contribution is 7.16. The minimum atomic E-state index is -0.622. The molecule has 1 aliphatic carbocycles. The topological polar surface area (TPSA) is 82.1 Å². The number of halogens is 1. The number of rotatable bonds is 5. The lowest BCUT2D eigenvalue weighted by atomic mass is 9.80. The molecule has 1 aliphatic rings. The quantitative estimate of drug-likeness (QED) is 0.501. The van der Waals surface area contributed by atoms with Crippen molar-refractivity contribution in [1.29, 1.82) is 5.26 Å². The summed E-state index contributed by atoms with van der Waals surface area (Å²) in [4.78, 5) is 2.11. The third kappa shape index (κ3) is 3.84. The van der Waals surface area contributed by atoms with Gasteiger partial charge in [0.25, 0.3) is 0 Å². The third-order valence-electron chi connectivity index (χ3n) is 5.46. The number of aliphatic hydroxyl groups is 1. The Labute approximate surface area is 173 Å². The van der Waals surface area contributed by atoms with Gasteiger partial charge in [0.15, 0.2) is 0 Å². The van der Waals surface area contributed by atoms with Crippen molar-refractivity contribution in [3.8, 4) is 27.6 Å². The van der Waals surface area contributed by atoms with Crippen molar-refractivity contribution >= 4 is 22.7 Å². The average molecular weight is 408 g/mol. The number of nitriles is 1. The van der Waals surface area contributed by atoms with Crippen molar-refractivity contribution < 1.29 is 9.50 Å². The van der Waals surface area contributed by atoms with Crippen LogP contribution in [-0.4, -0.2) is 17.3 Å². The van der Waals surface area contributed by atoms with Crippen molar-refractivity contribution in [3.63, 3.8) is 0 Å². The van der Waals surface area contributed by atoms with Gasteiger partial charge in [-0.25, -0.2) is 4.39 Å². The molecule has 4 N–H and O–H groups in total. The lowest BCUT2D eigenvalue weighted by Gasteiger charge is -2.37. The van der Waals surface area contributed by atoms with E-state index in [4.69, 9.17) is 11.0 Å². The number of benzene rings is 2. The molecule has 0 aliphatic heterocycles. The Morgan fingerprint density at radius 3 is 2.59 bits per heavy atom. The molecule has 1 heterocycles. The summed E-state index contributed by atoms with van der Waals surface area (Å²) in [6.45, 7) is 2.50. The van der Waals surface area contributed by atoms with Gasteiger partial charge in [-0.05, 0) is 67.6 Å². The van der Waals surface area contributed by atoms with Gasteiger partial charge in [-0.2, -0.15) is 5.26 Å². The molecule has 0 bridgehead atoms. The maximum absolute atomic E-state index is 14.1. The second kappa shape index (κ2) is 7.51. The van der Waals surface area contributed by atoms with Crippen LogP contribution >= 0.6 is 11.3 Å². The van der Waals surface area contributed by atoms with Gasteiger partial charge in [0.2, 0.25) is 0 Å². The first-order valence-electron chi connectivity index (χ1n) is 9.55. The Bertz CT molecular complexity index is 1110. The monoisotopic (exact) mass is 407 g/mol. The Morgan fingerprint density at radius 1 is 1.21 bits per heavy atom. The smallest absolute Gasteiger partial charge is 0.141 e. The molecule has 6 heteroatoms. The Hall–Kier alpha value is -2.88. The first-order valence-corrected chi connectivity index (χ1v) is 10.4. The van der Waals surface area contributed by atoms with E-state index in [1.54, 1.807) is 17.4 Å². The van der Waals surface area contributed by atoms with Gasteiger partial charge in [-0.1, -0.05) is 12.1 Å². The average Bonchev–Trinajstić information content (AvgIpc) is 3.07. The number of aryl methyl sites for hydroxylation is 1. The summed E-state index contributed by atoms with van der Waals surface area (Å²) in [5.41, 5.74) is 9.69. The summed E-state index contributed by atoms with van der Waals surface area (Å²) in [6.07, 6.45) is 2.69. The molecule has 0 spiro atoms. The molecule has 29 heavy (non-hydrogen) atoms. The van der Waals surface area contributed by atoms with Crippen LogP contribution in [0.5, 0.6) is 0 Å². The highest BCUT2D eigenvalue weighted by Gasteiger charge is 2.34. The van der Waals surface area contributed by atoms with Gasteiger partial charge in [-0.3, -0.25) is 0 Å². The van der Waals surface area contributed by atoms with Crippen LogP contribution in [0, 0.1) is 24.1 Å². The SMILES string of the molecule is Cc1cc(-c2ccc(C#N)c(F)c2)c(-c2ccc(NCC3(O)CCC3)c(N)c2)s1. The zero-order valence-electron chi connectivity index (χ0n) is 16.1. The summed E-state index contributed by atoms with van der Waals surface area (Å²) in [5, 5.41) is 22.5. The summed E-state index contributed by atoms with van der Waals surface area (Å²) < 4.78 is 14.1. The number of nitrogens with two attached hydrogens (primary N) is 1. The van der Waals surface area contributed by atoms with Crippen LogP contribution in [0.4, 0.5) is 15.8 Å². The van der Waals surface area contributed by atoms with E-state index in [1.807, 2.05) is 37.3 Å². The minimum Gasteiger partial charge on any atom is -0.397 e. The number of hydrogen-bond acceptors (Lipinski definition) is 5. The van der Waals surface area contributed by atoms with Gasteiger partial charge in [0.1, 0.15) is 11.9 Å². The lowest BCUT2D eigenvalue weighted by Crippen LogP contribution is -2.43. The van der Waals surface area contributed by atoms with E-state index in [0.717, 1.165) is 51.4 Å². The first kappa shape index (κ1) is 19.4. The van der Waals surface area contributed by atoms with E-state index in [2.05, 4.69) is 5.32 Å². The maximum atomic E-state index is 14.1. The molecule has 0 saturated heterocycles. The molecule has 2 aromatic carbocycles. The predicted molar refractivity (Wildman–Crippen MR) is 116 cm³/mol. The molecule has 1 fully saturated rings. The number of nitrogen functional groups attached to an aromatic ring is 1. The first-order chi connectivity index (χ1) is 13.9. The number of thiophene rings is 1. The van der Waals surface area contributed by atoms with Gasteiger partial charge in [0.05, 0.1) is 22.5 Å². The van der Waals surface area contributed by atoms with Crippen LogP contribution in [0.3, 0.4) is 0 Å². The van der Waals surface area contributed by atoms with Crippen molar-refractivity contribution in [2.24, 2.45) is 0 Å². The molecule has 0 amide bonds. The second-order valence-electron chi connectivity index (χ2n) is 7.64. The molecule has 4 rings (SSSR count). The van der Waals surface area contributed by atoms with Gasteiger partial charge >= 0.3 is 0 Å². The molecular weight excluding hydrogens is 385 g/mol. The van der Waals surface area contributed by atoms with E-state index in [9.17, 15) is 9.50 Å². The van der Waals surface area contributed by atoms with Crippen LogP contribution in [0.1, 0.15) is 29.7 Å². The fourth-order valence-corrected chi connectivity index (χ4v) is 4.63. The summed E-state index contributed by atoms with van der Waals surface area (Å²) in [7, 11) is 0. The van der Waals surface area contributed by atoms with E-state index in [1.165, 1.54) is 12.1 Å². The third-order valence-corrected chi connectivity index (χ3v) is 6.56. The number of nitrogens with one attached hydrogen (secondary N) is 1. The van der Waals surface area contributed by atoms with Crippen LogP contribution in [0.15, 0.2) is 42.5 Å². The maximum Gasteiger partial charge on any atom is 0.141 e. The molecule has 0 radical (unpaired) electrons. The summed E-state index contributed by atoms with van der Waals surface area (Å²) >= 11 is 1.62. The predicted octanol–water partition coefficient (Wildman–Crippen LogP) is 5.31. The van der Waals surface area contributed by atoms with E-state index in [0.29, 0.717) is 12.2 Å². The Morgan fingerprint density at radius 2 is 1.97 bits per heavy atom. The van der Waals surface area contributed by atoms with Crippen molar-refractivity contribution in [3.05, 3.63) is 58.7 Å². The molecule has 0 atom stereocenters. The van der Waals surface area contributed by atoms with Gasteiger partial charge in [0, 0.05) is 21.9 Å². The van der Waals surface area contributed by atoms with Crippen LogP contribution in [-0.2, 0) is 0 Å². The molecule has 1 aromatic heterocycles. The fourth-order valence-electron chi connectivity index (χ4n) is 3.60. The molecule has 148 valence electrons. The largest absolute Gasteiger partial charge is 0.397 e. The Balaban J connectivity index is 1.64. The number of anilines is 2. The van der Waals surface area contributed by atoms with Gasteiger partial charge < -0.3 is 16.2 Å². The molecule has 0 unspecified atom stereocenters. The Kier molecular flexibility index (Phi) is 5.03. The summed E-state index contributed by atoms with van der Waals surface area (Å²) in [6, 6.07) is 14.4. The number of hydrogen-bond donors (Lipinski definition) is 3. The van der Waals surface area contributed by atoms with Crippen molar-refractivity contribution in [1.82, 2.24) is 0 Å². The molecule has 3 aromatic rings. The van der Waals surface area contributed by atoms with E-state index < -0.39 is 11.4 Å². The van der Waals surface area contributed by atoms with Crippen molar-refractivity contribution in [2.45, 2.75) is 31.8 Å². The molecule has 4 nitrogen and oxygen atoms in total. The fraction of sp³-hybridized carbons (Fsp3) is 0.261. The van der Waals surface area contributed by atoms with Gasteiger partial charge in [-0.15, -0.1) is 11.3 Å². The van der Waals surface area contributed by atoms with Crippen molar-refractivity contribution in [2.75, 3.05) is 17.6 Å².